The first-order valence-electron chi connectivity index (χ1n) is 7.84. The average molecular weight is 320 g/mol. The summed E-state index contributed by atoms with van der Waals surface area (Å²) in [6.45, 7) is 0.908. The molecule has 0 bridgehead atoms. The van der Waals surface area contributed by atoms with Crippen LogP contribution in [0.3, 0.4) is 0 Å². The van der Waals surface area contributed by atoms with Crippen molar-refractivity contribution in [3.8, 4) is 0 Å². The van der Waals surface area contributed by atoms with E-state index in [4.69, 9.17) is 5.11 Å². The zero-order valence-corrected chi connectivity index (χ0v) is 12.7. The Hall–Kier alpha value is -2.22. The predicted octanol–water partition coefficient (Wildman–Crippen LogP) is 1.73. The number of aromatic nitrogens is 1. The quantitative estimate of drug-likeness (QED) is 0.554. The van der Waals surface area contributed by atoms with Crippen LogP contribution in [0.2, 0.25) is 0 Å². The van der Waals surface area contributed by atoms with Crippen molar-refractivity contribution in [1.29, 1.82) is 0 Å². The average Bonchev–Trinajstić information content (AvgIpc) is 3.25. The Morgan fingerprint density at radius 1 is 1.48 bits per heavy atom. The van der Waals surface area contributed by atoms with E-state index in [9.17, 15) is 14.9 Å². The standard InChI is InChI=1S/C15H20N4O4/c20-14(21)9-18(8-10-3-4-10)12-6-11(7-12)17-15-13(19(22)23)2-1-5-16-15/h1-2,5,10-12H,3-4,6-9H2,(H,16,17)(H,20,21). The first-order valence-corrected chi connectivity index (χ1v) is 7.84. The topological polar surface area (TPSA) is 109 Å². The molecule has 0 aromatic carbocycles. The van der Waals surface area contributed by atoms with E-state index in [-0.39, 0.29) is 30.1 Å². The summed E-state index contributed by atoms with van der Waals surface area (Å²) in [5.74, 6) is 0.119. The fourth-order valence-corrected chi connectivity index (χ4v) is 3.00. The van der Waals surface area contributed by atoms with Crippen molar-refractivity contribution >= 4 is 17.5 Å². The van der Waals surface area contributed by atoms with E-state index in [0.717, 1.165) is 19.4 Å². The van der Waals surface area contributed by atoms with Crippen LogP contribution in [0.25, 0.3) is 0 Å². The number of pyridine rings is 1. The summed E-state index contributed by atoms with van der Waals surface area (Å²) in [7, 11) is 0. The van der Waals surface area contributed by atoms with Gasteiger partial charge in [0.1, 0.15) is 0 Å². The van der Waals surface area contributed by atoms with Gasteiger partial charge in [-0.25, -0.2) is 4.98 Å². The Morgan fingerprint density at radius 3 is 2.83 bits per heavy atom. The molecule has 1 aromatic rings. The molecule has 0 radical (unpaired) electrons. The Morgan fingerprint density at radius 2 is 2.22 bits per heavy atom. The van der Waals surface area contributed by atoms with Gasteiger partial charge in [0.2, 0.25) is 5.82 Å². The van der Waals surface area contributed by atoms with Crippen molar-refractivity contribution in [2.24, 2.45) is 5.92 Å². The number of carboxylic acids is 1. The fourth-order valence-electron chi connectivity index (χ4n) is 3.00. The molecular formula is C15H20N4O4. The molecule has 1 heterocycles. The third kappa shape index (κ3) is 3.95. The summed E-state index contributed by atoms with van der Waals surface area (Å²) in [5, 5.41) is 23.1. The first-order chi connectivity index (χ1) is 11.0. The number of anilines is 1. The minimum atomic E-state index is -0.803. The lowest BCUT2D eigenvalue weighted by Crippen LogP contribution is -2.52. The molecule has 0 spiro atoms. The van der Waals surface area contributed by atoms with Crippen LogP contribution in [-0.2, 0) is 4.79 Å². The third-order valence-corrected chi connectivity index (χ3v) is 4.48. The van der Waals surface area contributed by atoms with Crippen LogP contribution < -0.4 is 5.32 Å². The zero-order valence-electron chi connectivity index (χ0n) is 12.7. The van der Waals surface area contributed by atoms with Crippen LogP contribution >= 0.6 is 0 Å². The lowest BCUT2D eigenvalue weighted by molar-refractivity contribution is -0.384. The molecule has 0 saturated heterocycles. The molecule has 8 nitrogen and oxygen atoms in total. The van der Waals surface area contributed by atoms with Crippen molar-refractivity contribution in [2.45, 2.75) is 37.8 Å². The molecule has 8 heteroatoms. The molecular weight excluding hydrogens is 300 g/mol. The lowest BCUT2D eigenvalue weighted by atomic mass is 9.85. The van der Waals surface area contributed by atoms with E-state index in [1.165, 1.54) is 31.2 Å². The Balaban J connectivity index is 1.55. The van der Waals surface area contributed by atoms with Gasteiger partial charge in [0.25, 0.3) is 0 Å². The van der Waals surface area contributed by atoms with Crippen LogP contribution in [0.4, 0.5) is 11.5 Å². The highest BCUT2D eigenvalue weighted by atomic mass is 16.6. The van der Waals surface area contributed by atoms with Gasteiger partial charge in [-0.1, -0.05) is 0 Å². The number of rotatable bonds is 8. The van der Waals surface area contributed by atoms with Gasteiger partial charge in [0.15, 0.2) is 0 Å². The summed E-state index contributed by atoms with van der Waals surface area (Å²) in [6.07, 6.45) is 5.46. The smallest absolute Gasteiger partial charge is 0.317 e. The molecule has 1 aromatic heterocycles. The molecule has 0 unspecified atom stereocenters. The summed E-state index contributed by atoms with van der Waals surface area (Å²) in [5.41, 5.74) is -0.0312. The third-order valence-electron chi connectivity index (χ3n) is 4.48. The summed E-state index contributed by atoms with van der Waals surface area (Å²) < 4.78 is 0. The highest BCUT2D eigenvalue weighted by Gasteiger charge is 2.37. The molecule has 2 N–H and O–H groups in total. The van der Waals surface area contributed by atoms with Gasteiger partial charge in [-0.3, -0.25) is 19.8 Å². The monoisotopic (exact) mass is 320 g/mol. The Kier molecular flexibility index (Phi) is 4.42. The van der Waals surface area contributed by atoms with Crippen molar-refractivity contribution < 1.29 is 14.8 Å². The number of hydrogen-bond acceptors (Lipinski definition) is 6. The number of carbonyl (C=O) groups is 1. The number of nitrogens with one attached hydrogen (secondary N) is 1. The SMILES string of the molecule is O=C(O)CN(CC1CC1)C1CC(Nc2ncccc2[N+](=O)[O-])C1. The predicted molar refractivity (Wildman–Crippen MR) is 83.3 cm³/mol. The Bertz CT molecular complexity index is 599. The number of nitrogens with zero attached hydrogens (tertiary/aromatic N) is 3. The maximum absolute atomic E-state index is 11.0. The van der Waals surface area contributed by atoms with Crippen LogP contribution in [0.1, 0.15) is 25.7 Å². The second kappa shape index (κ2) is 6.49. The van der Waals surface area contributed by atoms with E-state index < -0.39 is 10.9 Å². The van der Waals surface area contributed by atoms with Gasteiger partial charge >= 0.3 is 11.7 Å². The van der Waals surface area contributed by atoms with E-state index in [1.807, 2.05) is 4.90 Å². The minimum Gasteiger partial charge on any atom is -0.480 e. The highest BCUT2D eigenvalue weighted by Crippen LogP contribution is 2.35. The summed E-state index contributed by atoms with van der Waals surface area (Å²) in [4.78, 5) is 27.6. The summed E-state index contributed by atoms with van der Waals surface area (Å²) in [6, 6.07) is 3.29. The first kappa shape index (κ1) is 15.7. The zero-order chi connectivity index (χ0) is 16.4. The number of hydrogen-bond donors (Lipinski definition) is 2. The van der Waals surface area contributed by atoms with Crippen LogP contribution in [0, 0.1) is 16.0 Å². The van der Waals surface area contributed by atoms with Crippen molar-refractivity contribution in [3.05, 3.63) is 28.4 Å². The number of nitro groups is 1. The van der Waals surface area contributed by atoms with Gasteiger partial charge in [0, 0.05) is 30.9 Å². The Labute approximate surface area is 133 Å². The lowest BCUT2D eigenvalue weighted by Gasteiger charge is -2.42. The fraction of sp³-hybridized carbons (Fsp3) is 0.600. The number of aliphatic carboxylic acids is 1. The van der Waals surface area contributed by atoms with Crippen molar-refractivity contribution in [1.82, 2.24) is 9.88 Å². The van der Waals surface area contributed by atoms with Crippen LogP contribution in [0.5, 0.6) is 0 Å². The molecule has 2 aliphatic rings. The van der Waals surface area contributed by atoms with Crippen molar-refractivity contribution in [3.63, 3.8) is 0 Å². The van der Waals surface area contributed by atoms with E-state index >= 15 is 0 Å². The molecule has 3 rings (SSSR count). The van der Waals surface area contributed by atoms with Gasteiger partial charge in [-0.15, -0.1) is 0 Å². The number of carboxylic acid groups (broad SMARTS) is 1. The molecule has 0 atom stereocenters. The normalized spacial score (nSPS) is 23.3. The highest BCUT2D eigenvalue weighted by molar-refractivity contribution is 5.69. The van der Waals surface area contributed by atoms with Gasteiger partial charge in [0.05, 0.1) is 11.5 Å². The summed E-state index contributed by atoms with van der Waals surface area (Å²) >= 11 is 0. The van der Waals surface area contributed by atoms with E-state index in [2.05, 4.69) is 10.3 Å². The van der Waals surface area contributed by atoms with Gasteiger partial charge in [-0.05, 0) is 37.7 Å². The molecule has 124 valence electrons. The van der Waals surface area contributed by atoms with Gasteiger partial charge in [-0.2, -0.15) is 0 Å². The molecule has 0 amide bonds. The second-order valence-electron chi connectivity index (χ2n) is 6.36. The van der Waals surface area contributed by atoms with Crippen molar-refractivity contribution in [2.75, 3.05) is 18.4 Å². The van der Waals surface area contributed by atoms with E-state index in [0.29, 0.717) is 5.92 Å². The minimum absolute atomic E-state index is 0.0312. The van der Waals surface area contributed by atoms with Gasteiger partial charge < -0.3 is 10.4 Å². The molecule has 0 aliphatic heterocycles. The molecule has 2 saturated carbocycles. The maximum Gasteiger partial charge on any atom is 0.317 e. The molecule has 23 heavy (non-hydrogen) atoms. The van der Waals surface area contributed by atoms with Crippen LogP contribution in [0.15, 0.2) is 18.3 Å². The molecule has 2 aliphatic carbocycles. The largest absolute Gasteiger partial charge is 0.480 e. The van der Waals surface area contributed by atoms with E-state index in [1.54, 1.807) is 0 Å². The van der Waals surface area contributed by atoms with Crippen LogP contribution in [-0.4, -0.2) is 51.1 Å². The maximum atomic E-state index is 11.0. The second-order valence-corrected chi connectivity index (χ2v) is 6.36. The molecule has 2 fully saturated rings.